The predicted molar refractivity (Wildman–Crippen MR) is 93.9 cm³/mol. The molecule has 0 saturated carbocycles. The van der Waals surface area contributed by atoms with Gasteiger partial charge in [0.15, 0.2) is 0 Å². The molecule has 0 aromatic heterocycles. The maximum atomic E-state index is 3.57. The third-order valence-electron chi connectivity index (χ3n) is 4.11. The molecule has 0 aliphatic carbocycles. The van der Waals surface area contributed by atoms with Crippen molar-refractivity contribution in [2.24, 2.45) is 0 Å². The van der Waals surface area contributed by atoms with Gasteiger partial charge in [-0.15, -0.1) is 0 Å². The number of rotatable bonds is 4. The van der Waals surface area contributed by atoms with Gasteiger partial charge in [0.2, 0.25) is 0 Å². The van der Waals surface area contributed by atoms with Gasteiger partial charge < -0.3 is 10.6 Å². The first-order valence-electron chi connectivity index (χ1n) is 7.60. The molecule has 112 valence electrons. The van der Waals surface area contributed by atoms with Gasteiger partial charge in [-0.05, 0) is 82.0 Å². The third kappa shape index (κ3) is 3.38. The molecule has 0 amide bonds. The molecule has 2 aromatic rings. The normalized spacial score (nSPS) is 10.8. The second kappa shape index (κ2) is 6.21. The van der Waals surface area contributed by atoms with Crippen LogP contribution in [-0.2, 0) is 0 Å². The van der Waals surface area contributed by atoms with Crippen molar-refractivity contribution in [3.63, 3.8) is 0 Å². The number of hydrogen-bond donors (Lipinski definition) is 2. The second-order valence-electron chi connectivity index (χ2n) is 6.08. The average molecular weight is 282 g/mol. The van der Waals surface area contributed by atoms with E-state index in [0.717, 1.165) is 0 Å². The van der Waals surface area contributed by atoms with E-state index in [1.54, 1.807) is 0 Å². The van der Waals surface area contributed by atoms with Crippen molar-refractivity contribution in [1.82, 2.24) is 0 Å². The molecule has 0 fully saturated rings. The number of aryl methyl sites for hydroxylation is 1. The summed E-state index contributed by atoms with van der Waals surface area (Å²) in [6.45, 7) is 13.0. The first-order chi connectivity index (χ1) is 9.90. The van der Waals surface area contributed by atoms with E-state index in [9.17, 15) is 0 Å². The SMILES string of the molecule is Cc1cccc(Nc2ccc(NC(C)C)c(C)c2C)c1C. The van der Waals surface area contributed by atoms with Crippen molar-refractivity contribution < 1.29 is 0 Å². The Kier molecular flexibility index (Phi) is 4.56. The van der Waals surface area contributed by atoms with Crippen LogP contribution in [0.3, 0.4) is 0 Å². The van der Waals surface area contributed by atoms with Crippen LogP contribution in [0, 0.1) is 27.7 Å². The van der Waals surface area contributed by atoms with Gasteiger partial charge >= 0.3 is 0 Å². The number of hydrogen-bond acceptors (Lipinski definition) is 2. The summed E-state index contributed by atoms with van der Waals surface area (Å²) in [5, 5.41) is 7.07. The lowest BCUT2D eigenvalue weighted by atomic mass is 10.0. The first-order valence-corrected chi connectivity index (χ1v) is 7.60. The first kappa shape index (κ1) is 15.4. The van der Waals surface area contributed by atoms with Gasteiger partial charge in [0.1, 0.15) is 0 Å². The van der Waals surface area contributed by atoms with Crippen LogP contribution in [0.1, 0.15) is 36.1 Å². The quantitative estimate of drug-likeness (QED) is 0.775. The van der Waals surface area contributed by atoms with E-state index in [0.29, 0.717) is 6.04 Å². The van der Waals surface area contributed by atoms with Crippen LogP contribution in [-0.4, -0.2) is 6.04 Å². The van der Waals surface area contributed by atoms with Crippen LogP contribution in [0.2, 0.25) is 0 Å². The molecule has 0 heterocycles. The van der Waals surface area contributed by atoms with Crippen molar-refractivity contribution in [2.45, 2.75) is 47.6 Å². The molecular weight excluding hydrogens is 256 g/mol. The van der Waals surface area contributed by atoms with E-state index in [4.69, 9.17) is 0 Å². The lowest BCUT2D eigenvalue weighted by Crippen LogP contribution is -2.11. The van der Waals surface area contributed by atoms with Crippen LogP contribution in [0.4, 0.5) is 17.1 Å². The van der Waals surface area contributed by atoms with Crippen molar-refractivity contribution in [2.75, 3.05) is 10.6 Å². The Balaban J connectivity index is 2.33. The van der Waals surface area contributed by atoms with Crippen LogP contribution < -0.4 is 10.6 Å². The largest absolute Gasteiger partial charge is 0.383 e. The molecule has 2 N–H and O–H groups in total. The van der Waals surface area contributed by atoms with Crippen LogP contribution >= 0.6 is 0 Å². The highest BCUT2D eigenvalue weighted by Crippen LogP contribution is 2.30. The maximum absolute atomic E-state index is 3.57. The molecule has 0 aliphatic heterocycles. The van der Waals surface area contributed by atoms with Crippen LogP contribution in [0.15, 0.2) is 30.3 Å². The highest BCUT2D eigenvalue weighted by molar-refractivity contribution is 5.71. The molecule has 2 nitrogen and oxygen atoms in total. The molecule has 0 saturated heterocycles. The average Bonchev–Trinajstić information content (AvgIpc) is 2.43. The highest BCUT2D eigenvalue weighted by Gasteiger charge is 2.08. The Morgan fingerprint density at radius 3 is 1.95 bits per heavy atom. The Labute approximate surface area is 128 Å². The van der Waals surface area contributed by atoms with Crippen LogP contribution in [0.5, 0.6) is 0 Å². The van der Waals surface area contributed by atoms with E-state index in [1.165, 1.54) is 39.3 Å². The monoisotopic (exact) mass is 282 g/mol. The molecule has 2 rings (SSSR count). The van der Waals surface area contributed by atoms with E-state index < -0.39 is 0 Å². The maximum Gasteiger partial charge on any atom is 0.0418 e. The summed E-state index contributed by atoms with van der Waals surface area (Å²) in [6, 6.07) is 11.2. The zero-order valence-corrected chi connectivity index (χ0v) is 14.0. The van der Waals surface area contributed by atoms with Gasteiger partial charge in [-0.2, -0.15) is 0 Å². The highest BCUT2D eigenvalue weighted by atomic mass is 14.9. The molecule has 0 radical (unpaired) electrons. The number of benzene rings is 2. The molecule has 0 unspecified atom stereocenters. The van der Waals surface area contributed by atoms with Crippen LogP contribution in [0.25, 0.3) is 0 Å². The van der Waals surface area contributed by atoms with Gasteiger partial charge in [-0.25, -0.2) is 0 Å². The molecule has 21 heavy (non-hydrogen) atoms. The molecule has 0 spiro atoms. The molecule has 0 aliphatic rings. The minimum Gasteiger partial charge on any atom is -0.383 e. The van der Waals surface area contributed by atoms with E-state index in [2.05, 4.69) is 82.5 Å². The van der Waals surface area contributed by atoms with Gasteiger partial charge in [0.05, 0.1) is 0 Å². The van der Waals surface area contributed by atoms with Crippen molar-refractivity contribution in [3.05, 3.63) is 52.6 Å². The molecule has 0 atom stereocenters. The molecule has 2 aromatic carbocycles. The fourth-order valence-electron chi connectivity index (χ4n) is 2.46. The Morgan fingerprint density at radius 2 is 1.29 bits per heavy atom. The Bertz CT molecular complexity index is 642. The standard InChI is InChI=1S/C19H26N2/c1-12(2)20-18-10-11-19(16(6)15(18)5)21-17-9-7-8-13(3)14(17)4/h7-12,20-21H,1-6H3. The zero-order chi connectivity index (χ0) is 15.6. The second-order valence-corrected chi connectivity index (χ2v) is 6.08. The Hall–Kier alpha value is -1.96. The summed E-state index contributed by atoms with van der Waals surface area (Å²) in [4.78, 5) is 0. The van der Waals surface area contributed by atoms with E-state index >= 15 is 0 Å². The van der Waals surface area contributed by atoms with Crippen molar-refractivity contribution >= 4 is 17.1 Å². The minimum absolute atomic E-state index is 0.445. The summed E-state index contributed by atoms with van der Waals surface area (Å²) in [5.41, 5.74) is 8.79. The van der Waals surface area contributed by atoms with Gasteiger partial charge in [0, 0.05) is 23.1 Å². The summed E-state index contributed by atoms with van der Waals surface area (Å²) < 4.78 is 0. The van der Waals surface area contributed by atoms with Crippen molar-refractivity contribution in [3.8, 4) is 0 Å². The minimum atomic E-state index is 0.445. The fraction of sp³-hybridized carbons (Fsp3) is 0.368. The lowest BCUT2D eigenvalue weighted by Gasteiger charge is -2.19. The van der Waals surface area contributed by atoms with E-state index in [1.807, 2.05) is 0 Å². The topological polar surface area (TPSA) is 24.1 Å². The summed E-state index contributed by atoms with van der Waals surface area (Å²) in [5.74, 6) is 0. The van der Waals surface area contributed by atoms with E-state index in [-0.39, 0.29) is 0 Å². The zero-order valence-electron chi connectivity index (χ0n) is 14.0. The fourth-order valence-corrected chi connectivity index (χ4v) is 2.46. The summed E-state index contributed by atoms with van der Waals surface area (Å²) >= 11 is 0. The van der Waals surface area contributed by atoms with Gasteiger partial charge in [-0.1, -0.05) is 12.1 Å². The number of nitrogens with one attached hydrogen (secondary N) is 2. The predicted octanol–water partition coefficient (Wildman–Crippen LogP) is 5.48. The smallest absolute Gasteiger partial charge is 0.0418 e. The Morgan fingerprint density at radius 1 is 0.714 bits per heavy atom. The van der Waals surface area contributed by atoms with Crippen molar-refractivity contribution in [1.29, 1.82) is 0 Å². The molecule has 0 bridgehead atoms. The molecular formula is C19H26N2. The van der Waals surface area contributed by atoms with Gasteiger partial charge in [0.25, 0.3) is 0 Å². The summed E-state index contributed by atoms with van der Waals surface area (Å²) in [6.07, 6.45) is 0. The van der Waals surface area contributed by atoms with Gasteiger partial charge in [-0.3, -0.25) is 0 Å². The number of anilines is 3. The molecule has 2 heteroatoms. The lowest BCUT2D eigenvalue weighted by molar-refractivity contribution is 0.897. The summed E-state index contributed by atoms with van der Waals surface area (Å²) in [7, 11) is 0. The third-order valence-corrected chi connectivity index (χ3v) is 4.11.